The molecule has 2 atom stereocenters. The van der Waals surface area contributed by atoms with Gasteiger partial charge >= 0.3 is 0 Å². The normalized spacial score (nSPS) is 12.6. The number of methoxy groups -OCH3 is 2. The number of hydrogen-bond acceptors (Lipinski definition) is 6. The van der Waals surface area contributed by atoms with Crippen molar-refractivity contribution in [2.75, 3.05) is 25.1 Å². The molecule has 3 aromatic rings. The molecule has 3 aromatic carbocycles. The minimum Gasteiger partial charge on any atom is -0.493 e. The van der Waals surface area contributed by atoms with E-state index in [1.807, 2.05) is 51.1 Å². The number of sulfonamides is 1. The second kappa shape index (κ2) is 14.5. The summed E-state index contributed by atoms with van der Waals surface area (Å²) in [7, 11) is -1.36. The average Bonchev–Trinajstić information content (AvgIpc) is 2.99. The number of hydrogen-bond donors (Lipinski definition) is 1. The van der Waals surface area contributed by atoms with Crippen molar-refractivity contribution < 1.29 is 27.5 Å². The molecule has 0 aromatic heterocycles. The molecule has 0 saturated heterocycles. The van der Waals surface area contributed by atoms with E-state index in [1.165, 1.54) is 37.3 Å². The van der Waals surface area contributed by atoms with Crippen LogP contribution in [0.5, 0.6) is 11.5 Å². The van der Waals surface area contributed by atoms with Crippen LogP contribution in [-0.4, -0.2) is 58.0 Å². The van der Waals surface area contributed by atoms with Crippen molar-refractivity contribution in [3.8, 4) is 11.5 Å². The highest BCUT2D eigenvalue weighted by atomic mass is 32.2. The van der Waals surface area contributed by atoms with Gasteiger partial charge in [0.15, 0.2) is 11.5 Å². The number of ether oxygens (including phenoxy) is 2. The Morgan fingerprint density at radius 1 is 0.854 bits per heavy atom. The molecular formula is C31H39N3O6S. The Morgan fingerprint density at radius 2 is 1.46 bits per heavy atom. The van der Waals surface area contributed by atoms with Crippen molar-refractivity contribution in [3.05, 3.63) is 84.4 Å². The zero-order valence-corrected chi connectivity index (χ0v) is 25.1. The van der Waals surface area contributed by atoms with Crippen molar-refractivity contribution >= 4 is 27.5 Å². The SMILES string of the molecule is CC[C@H](C(=O)N[C@@H](C)CC)N(Cc1ccccc1)C(=O)CN(c1ccccc1)S(=O)(=O)c1ccc(OC)c(OC)c1. The number of nitrogens with zero attached hydrogens (tertiary/aromatic N) is 2. The second-order valence-corrected chi connectivity index (χ2v) is 11.5. The Kier molecular flexibility index (Phi) is 11.2. The Hall–Kier alpha value is -4.05. The number of nitrogens with one attached hydrogen (secondary N) is 1. The molecule has 0 saturated carbocycles. The van der Waals surface area contributed by atoms with Crippen LogP contribution in [0.1, 0.15) is 39.2 Å². The largest absolute Gasteiger partial charge is 0.493 e. The summed E-state index contributed by atoms with van der Waals surface area (Å²) < 4.78 is 39.8. The highest BCUT2D eigenvalue weighted by Crippen LogP contribution is 2.32. The molecule has 1 N–H and O–H groups in total. The van der Waals surface area contributed by atoms with Gasteiger partial charge in [0.1, 0.15) is 12.6 Å². The van der Waals surface area contributed by atoms with E-state index >= 15 is 0 Å². The molecule has 41 heavy (non-hydrogen) atoms. The summed E-state index contributed by atoms with van der Waals surface area (Å²) in [5.41, 5.74) is 1.14. The predicted octanol–water partition coefficient (Wildman–Crippen LogP) is 4.62. The van der Waals surface area contributed by atoms with Crippen LogP contribution >= 0.6 is 0 Å². The molecule has 0 aliphatic carbocycles. The number of carbonyl (C=O) groups is 2. The zero-order chi connectivity index (χ0) is 30.0. The van der Waals surface area contributed by atoms with E-state index in [0.717, 1.165) is 16.3 Å². The number of anilines is 1. The maximum absolute atomic E-state index is 14.1. The minimum absolute atomic E-state index is 0.0667. The van der Waals surface area contributed by atoms with Crippen molar-refractivity contribution in [2.24, 2.45) is 0 Å². The molecule has 0 aliphatic heterocycles. The lowest BCUT2D eigenvalue weighted by Gasteiger charge is -2.33. The van der Waals surface area contributed by atoms with Gasteiger partial charge in [-0.15, -0.1) is 0 Å². The fourth-order valence-electron chi connectivity index (χ4n) is 4.37. The molecule has 2 amide bonds. The maximum Gasteiger partial charge on any atom is 0.264 e. The van der Waals surface area contributed by atoms with E-state index in [2.05, 4.69) is 5.32 Å². The quantitative estimate of drug-likeness (QED) is 0.298. The summed E-state index contributed by atoms with van der Waals surface area (Å²) in [6.07, 6.45) is 1.09. The monoisotopic (exact) mass is 581 g/mol. The van der Waals surface area contributed by atoms with E-state index in [-0.39, 0.29) is 29.1 Å². The lowest BCUT2D eigenvalue weighted by Crippen LogP contribution is -2.53. The van der Waals surface area contributed by atoms with Crippen LogP contribution in [-0.2, 0) is 26.2 Å². The molecule has 10 heteroatoms. The van der Waals surface area contributed by atoms with Gasteiger partial charge in [0, 0.05) is 18.7 Å². The van der Waals surface area contributed by atoms with Crippen molar-refractivity contribution in [3.63, 3.8) is 0 Å². The van der Waals surface area contributed by atoms with Crippen molar-refractivity contribution in [1.82, 2.24) is 10.2 Å². The summed E-state index contributed by atoms with van der Waals surface area (Å²) in [6, 6.07) is 21.2. The molecule has 0 unspecified atom stereocenters. The fraction of sp³-hybridized carbons (Fsp3) is 0.355. The Morgan fingerprint density at radius 3 is 2.02 bits per heavy atom. The van der Waals surface area contributed by atoms with Gasteiger partial charge in [0.25, 0.3) is 10.0 Å². The first kappa shape index (κ1) is 31.5. The molecule has 3 rings (SSSR count). The van der Waals surface area contributed by atoms with Crippen LogP contribution in [0.3, 0.4) is 0 Å². The fourth-order valence-corrected chi connectivity index (χ4v) is 5.80. The molecule has 0 fully saturated rings. The van der Waals surface area contributed by atoms with Gasteiger partial charge in [-0.3, -0.25) is 13.9 Å². The van der Waals surface area contributed by atoms with Gasteiger partial charge in [-0.1, -0.05) is 62.4 Å². The van der Waals surface area contributed by atoms with Crippen molar-refractivity contribution in [2.45, 2.75) is 57.1 Å². The van der Waals surface area contributed by atoms with Crippen LogP contribution in [0.4, 0.5) is 5.69 Å². The second-order valence-electron chi connectivity index (χ2n) is 9.61. The molecule has 0 bridgehead atoms. The van der Waals surface area contributed by atoms with Gasteiger partial charge in [0.2, 0.25) is 11.8 Å². The topological polar surface area (TPSA) is 105 Å². The van der Waals surface area contributed by atoms with Crippen LogP contribution in [0.2, 0.25) is 0 Å². The van der Waals surface area contributed by atoms with E-state index in [9.17, 15) is 18.0 Å². The lowest BCUT2D eigenvalue weighted by atomic mass is 10.1. The first-order chi connectivity index (χ1) is 19.7. The van der Waals surface area contributed by atoms with E-state index in [1.54, 1.807) is 30.3 Å². The number of amides is 2. The molecule has 0 spiro atoms. The number of para-hydroxylation sites is 1. The summed E-state index contributed by atoms with van der Waals surface area (Å²) in [6.45, 7) is 5.34. The van der Waals surface area contributed by atoms with Gasteiger partial charge in [-0.2, -0.15) is 0 Å². The Bertz CT molecular complexity index is 1400. The molecular weight excluding hydrogens is 542 g/mol. The number of benzene rings is 3. The summed E-state index contributed by atoms with van der Waals surface area (Å²) >= 11 is 0. The first-order valence-corrected chi connectivity index (χ1v) is 15.0. The zero-order valence-electron chi connectivity index (χ0n) is 24.2. The smallest absolute Gasteiger partial charge is 0.264 e. The molecule has 0 aliphatic rings. The number of rotatable bonds is 14. The highest BCUT2D eigenvalue weighted by molar-refractivity contribution is 7.92. The third-order valence-corrected chi connectivity index (χ3v) is 8.62. The molecule has 0 radical (unpaired) electrons. The van der Waals surface area contributed by atoms with Crippen LogP contribution in [0.25, 0.3) is 0 Å². The van der Waals surface area contributed by atoms with Crippen molar-refractivity contribution in [1.29, 1.82) is 0 Å². The van der Waals surface area contributed by atoms with Gasteiger partial charge < -0.3 is 19.7 Å². The Labute approximate surface area is 243 Å². The molecule has 0 heterocycles. The third kappa shape index (κ3) is 7.79. The molecule has 9 nitrogen and oxygen atoms in total. The van der Waals surface area contributed by atoms with E-state index in [4.69, 9.17) is 9.47 Å². The van der Waals surface area contributed by atoms with Gasteiger partial charge in [-0.25, -0.2) is 8.42 Å². The van der Waals surface area contributed by atoms with Gasteiger partial charge in [-0.05, 0) is 49.6 Å². The van der Waals surface area contributed by atoms with Crippen LogP contribution in [0.15, 0.2) is 83.8 Å². The van der Waals surface area contributed by atoms with E-state index in [0.29, 0.717) is 17.9 Å². The van der Waals surface area contributed by atoms with Crippen LogP contribution in [0, 0.1) is 0 Å². The Balaban J connectivity index is 2.06. The third-order valence-electron chi connectivity index (χ3n) is 6.85. The number of carbonyl (C=O) groups excluding carboxylic acids is 2. The van der Waals surface area contributed by atoms with E-state index < -0.39 is 28.5 Å². The average molecular weight is 582 g/mol. The summed E-state index contributed by atoms with van der Waals surface area (Å²) in [5, 5.41) is 2.98. The highest BCUT2D eigenvalue weighted by Gasteiger charge is 2.34. The minimum atomic E-state index is -4.24. The predicted molar refractivity (Wildman–Crippen MR) is 159 cm³/mol. The lowest BCUT2D eigenvalue weighted by molar-refractivity contribution is -0.140. The standard InChI is InChI=1S/C31H39N3O6S/c1-6-23(3)32-31(36)27(7-2)33(21-24-14-10-8-11-15-24)30(35)22-34(25-16-12-9-13-17-25)41(37,38)26-18-19-28(39-4)29(20-26)40-5/h8-20,23,27H,6-7,21-22H2,1-5H3,(H,32,36)/t23-,27+/m0/s1. The molecule has 220 valence electrons. The first-order valence-electron chi connectivity index (χ1n) is 13.6. The van der Waals surface area contributed by atoms with Gasteiger partial charge in [0.05, 0.1) is 24.8 Å². The summed E-state index contributed by atoms with van der Waals surface area (Å²) in [4.78, 5) is 28.8. The maximum atomic E-state index is 14.1. The summed E-state index contributed by atoms with van der Waals surface area (Å²) in [5.74, 6) is -0.166. The van der Waals surface area contributed by atoms with Crippen LogP contribution < -0.4 is 19.1 Å².